The molecule has 0 spiro atoms. The number of carbonyl (C=O) groups excluding carboxylic acids is 1. The van der Waals surface area contributed by atoms with E-state index in [1.54, 1.807) is 0 Å². The average molecular weight is 207 g/mol. The maximum Gasteiger partial charge on any atom is 0.181 e. The van der Waals surface area contributed by atoms with Crippen LogP contribution in [0.3, 0.4) is 0 Å². The molecule has 0 aromatic heterocycles. The van der Waals surface area contributed by atoms with Crippen molar-refractivity contribution in [3.63, 3.8) is 0 Å². The molecule has 0 saturated carbocycles. The number of rotatable bonds is 2. The third-order valence-corrected chi connectivity index (χ3v) is 1.81. The summed E-state index contributed by atoms with van der Waals surface area (Å²) < 4.78 is 30.1. The molecule has 5 heteroatoms. The van der Waals surface area contributed by atoms with Gasteiger partial charge in [-0.05, 0) is 6.07 Å². The fourth-order valence-corrected chi connectivity index (χ4v) is 1.17. The van der Waals surface area contributed by atoms with Crippen molar-refractivity contribution >= 4 is 17.9 Å². The van der Waals surface area contributed by atoms with Crippen LogP contribution >= 0.6 is 11.6 Å². The molecule has 2 nitrogen and oxygen atoms in total. The summed E-state index contributed by atoms with van der Waals surface area (Å²) >= 11 is 5.38. The largest absolute Gasteiger partial charge is 0.494 e. The van der Waals surface area contributed by atoms with Crippen molar-refractivity contribution in [1.82, 2.24) is 0 Å². The van der Waals surface area contributed by atoms with Crippen molar-refractivity contribution in [1.29, 1.82) is 0 Å². The number of hydrogen-bond donors (Lipinski definition) is 0. The highest BCUT2D eigenvalue weighted by molar-refractivity contribution is 6.32. The Labute approximate surface area is 78.1 Å². The Morgan fingerprint density at radius 2 is 2.15 bits per heavy atom. The molecule has 70 valence electrons. The van der Waals surface area contributed by atoms with Crippen LogP contribution in [0.4, 0.5) is 8.78 Å². The Bertz CT molecular complexity index is 352. The number of aldehydes is 1. The fourth-order valence-electron chi connectivity index (χ4n) is 0.892. The molecule has 0 atom stereocenters. The summed E-state index contributed by atoms with van der Waals surface area (Å²) in [6.07, 6.45) is 0.341. The van der Waals surface area contributed by atoms with Gasteiger partial charge in [0.05, 0.1) is 12.7 Å². The summed E-state index contributed by atoms with van der Waals surface area (Å²) in [5.41, 5.74) is -0.119. The van der Waals surface area contributed by atoms with Gasteiger partial charge in [0.1, 0.15) is 5.02 Å². The molecule has 0 radical (unpaired) electrons. The maximum absolute atomic E-state index is 12.8. The molecule has 0 bridgehead atoms. The van der Waals surface area contributed by atoms with Crippen molar-refractivity contribution in [2.75, 3.05) is 7.11 Å². The molecule has 0 unspecified atom stereocenters. The predicted octanol–water partition coefficient (Wildman–Crippen LogP) is 2.44. The van der Waals surface area contributed by atoms with Crippen LogP contribution in [0.2, 0.25) is 5.02 Å². The summed E-state index contributed by atoms with van der Waals surface area (Å²) in [5.74, 6) is -2.55. The van der Waals surface area contributed by atoms with Crippen LogP contribution in [-0.2, 0) is 0 Å². The van der Waals surface area contributed by atoms with Crippen LogP contribution in [0.1, 0.15) is 10.4 Å². The van der Waals surface area contributed by atoms with Gasteiger partial charge in [0.15, 0.2) is 23.7 Å². The summed E-state index contributed by atoms with van der Waals surface area (Å²) in [6.45, 7) is 0. The zero-order valence-corrected chi connectivity index (χ0v) is 7.36. The first-order chi connectivity index (χ1) is 6.11. The van der Waals surface area contributed by atoms with Gasteiger partial charge in [0, 0.05) is 0 Å². The van der Waals surface area contributed by atoms with Crippen LogP contribution in [-0.4, -0.2) is 13.4 Å². The molecule has 0 fully saturated rings. The van der Waals surface area contributed by atoms with Gasteiger partial charge in [-0.2, -0.15) is 0 Å². The van der Waals surface area contributed by atoms with E-state index in [1.165, 1.54) is 7.11 Å². The number of carbonyl (C=O) groups is 1. The Hall–Kier alpha value is -1.16. The van der Waals surface area contributed by atoms with E-state index in [4.69, 9.17) is 11.6 Å². The van der Waals surface area contributed by atoms with Crippen LogP contribution < -0.4 is 4.74 Å². The minimum atomic E-state index is -1.22. The number of ether oxygens (including phenoxy) is 1. The van der Waals surface area contributed by atoms with Gasteiger partial charge >= 0.3 is 0 Å². The van der Waals surface area contributed by atoms with E-state index in [1.807, 2.05) is 0 Å². The zero-order valence-electron chi connectivity index (χ0n) is 6.61. The van der Waals surface area contributed by atoms with E-state index in [0.717, 1.165) is 6.07 Å². The van der Waals surface area contributed by atoms with Crippen molar-refractivity contribution < 1.29 is 18.3 Å². The molecule has 0 aliphatic heterocycles. The Morgan fingerprint density at radius 3 is 2.62 bits per heavy atom. The van der Waals surface area contributed by atoms with Crippen LogP contribution in [0, 0.1) is 11.6 Å². The van der Waals surface area contributed by atoms with Gasteiger partial charge < -0.3 is 4.74 Å². The molecule has 0 N–H and O–H groups in total. The summed E-state index contributed by atoms with van der Waals surface area (Å²) in [7, 11) is 1.21. The standard InChI is InChI=1S/C8H5ClF2O2/c1-13-8-4(3-12)2-5(10)7(11)6(8)9/h2-3H,1H3. The summed E-state index contributed by atoms with van der Waals surface area (Å²) in [6, 6.07) is 0.729. The topological polar surface area (TPSA) is 26.3 Å². The predicted molar refractivity (Wildman–Crippen MR) is 43.3 cm³/mol. The summed E-state index contributed by atoms with van der Waals surface area (Å²) in [4.78, 5) is 10.4. The second-order valence-electron chi connectivity index (χ2n) is 2.23. The second kappa shape index (κ2) is 3.70. The smallest absolute Gasteiger partial charge is 0.181 e. The Morgan fingerprint density at radius 1 is 1.54 bits per heavy atom. The van der Waals surface area contributed by atoms with Gasteiger partial charge in [0.25, 0.3) is 0 Å². The fraction of sp³-hybridized carbons (Fsp3) is 0.125. The quantitative estimate of drug-likeness (QED) is 0.549. The Kier molecular flexibility index (Phi) is 2.83. The number of hydrogen-bond acceptors (Lipinski definition) is 2. The molecule has 0 aliphatic carbocycles. The molecule has 0 aliphatic rings. The van der Waals surface area contributed by atoms with E-state index in [0.29, 0.717) is 6.29 Å². The van der Waals surface area contributed by atoms with Gasteiger partial charge in [-0.25, -0.2) is 8.78 Å². The molecule has 0 amide bonds. The molecule has 0 heterocycles. The monoisotopic (exact) mass is 206 g/mol. The minimum absolute atomic E-state index is 0.119. The maximum atomic E-state index is 12.8. The van der Waals surface area contributed by atoms with E-state index >= 15 is 0 Å². The van der Waals surface area contributed by atoms with Crippen LogP contribution in [0.5, 0.6) is 5.75 Å². The lowest BCUT2D eigenvalue weighted by Crippen LogP contribution is -1.96. The SMILES string of the molecule is COc1c(C=O)cc(F)c(F)c1Cl. The molecule has 0 saturated heterocycles. The second-order valence-corrected chi connectivity index (χ2v) is 2.60. The Balaban J connectivity index is 3.47. The lowest BCUT2D eigenvalue weighted by molar-refractivity contribution is 0.112. The number of benzene rings is 1. The number of methoxy groups -OCH3 is 1. The van der Waals surface area contributed by atoms with Crippen molar-refractivity contribution in [3.05, 3.63) is 28.3 Å². The van der Waals surface area contributed by atoms with E-state index < -0.39 is 16.7 Å². The number of halogens is 3. The van der Waals surface area contributed by atoms with Gasteiger partial charge in [0.2, 0.25) is 0 Å². The highest BCUT2D eigenvalue weighted by Crippen LogP contribution is 2.31. The third kappa shape index (κ3) is 1.62. The normalized spacial score (nSPS) is 9.85. The van der Waals surface area contributed by atoms with E-state index in [9.17, 15) is 13.6 Å². The zero-order chi connectivity index (χ0) is 10.0. The molecular weight excluding hydrogens is 202 g/mol. The molecule has 1 aromatic carbocycles. The van der Waals surface area contributed by atoms with Gasteiger partial charge in [-0.3, -0.25) is 4.79 Å². The first-order valence-corrected chi connectivity index (χ1v) is 3.66. The highest BCUT2D eigenvalue weighted by atomic mass is 35.5. The van der Waals surface area contributed by atoms with Crippen molar-refractivity contribution in [2.24, 2.45) is 0 Å². The highest BCUT2D eigenvalue weighted by Gasteiger charge is 2.16. The van der Waals surface area contributed by atoms with Crippen LogP contribution in [0.15, 0.2) is 6.07 Å². The molecular formula is C8H5ClF2O2. The first-order valence-electron chi connectivity index (χ1n) is 3.28. The summed E-state index contributed by atoms with van der Waals surface area (Å²) in [5, 5.41) is -0.524. The lowest BCUT2D eigenvalue weighted by Gasteiger charge is -2.06. The molecule has 1 rings (SSSR count). The molecule has 1 aromatic rings. The first kappa shape index (κ1) is 9.92. The van der Waals surface area contributed by atoms with E-state index in [-0.39, 0.29) is 11.3 Å². The van der Waals surface area contributed by atoms with Crippen molar-refractivity contribution in [2.45, 2.75) is 0 Å². The third-order valence-electron chi connectivity index (χ3n) is 1.48. The van der Waals surface area contributed by atoms with Crippen molar-refractivity contribution in [3.8, 4) is 5.75 Å². The van der Waals surface area contributed by atoms with Gasteiger partial charge in [-0.1, -0.05) is 11.6 Å². The molecule has 13 heavy (non-hydrogen) atoms. The average Bonchev–Trinajstić information content (AvgIpc) is 2.13. The van der Waals surface area contributed by atoms with Gasteiger partial charge in [-0.15, -0.1) is 0 Å². The van der Waals surface area contributed by atoms with Crippen LogP contribution in [0.25, 0.3) is 0 Å². The lowest BCUT2D eigenvalue weighted by atomic mass is 10.2. The minimum Gasteiger partial charge on any atom is -0.494 e. The van der Waals surface area contributed by atoms with E-state index in [2.05, 4.69) is 4.74 Å².